The molecule has 2 rings (SSSR count). The van der Waals surface area contributed by atoms with Gasteiger partial charge in [0.15, 0.2) is 0 Å². The molecule has 1 aliphatic rings. The predicted molar refractivity (Wildman–Crippen MR) is 96.8 cm³/mol. The van der Waals surface area contributed by atoms with Crippen LogP contribution in [0.25, 0.3) is 0 Å². The number of rotatable bonds is 6. The summed E-state index contributed by atoms with van der Waals surface area (Å²) in [7, 11) is -1.90. The van der Waals surface area contributed by atoms with Gasteiger partial charge in [-0.05, 0) is 55.0 Å². The van der Waals surface area contributed by atoms with E-state index in [0.29, 0.717) is 18.2 Å². The maximum atomic E-state index is 12.4. The van der Waals surface area contributed by atoms with Crippen molar-refractivity contribution >= 4 is 10.0 Å². The number of piperidine rings is 1. The SMILES string of the molecule is COc1ccc(S(=O)(=O)NC[C@H]2CCCN(CC(C)(C)C)C2)cc1. The zero-order valence-electron chi connectivity index (χ0n) is 15.2. The second-order valence-corrected chi connectivity index (χ2v) is 9.60. The highest BCUT2D eigenvalue weighted by Crippen LogP contribution is 2.22. The molecule has 0 radical (unpaired) electrons. The van der Waals surface area contributed by atoms with E-state index in [2.05, 4.69) is 30.4 Å². The Kier molecular flexibility index (Phi) is 6.28. The van der Waals surface area contributed by atoms with Gasteiger partial charge in [0.25, 0.3) is 0 Å². The molecule has 1 fully saturated rings. The molecule has 0 amide bonds. The highest BCUT2D eigenvalue weighted by molar-refractivity contribution is 7.89. The third-order valence-corrected chi connectivity index (χ3v) is 5.67. The van der Waals surface area contributed by atoms with E-state index in [1.807, 2.05) is 0 Å². The van der Waals surface area contributed by atoms with E-state index in [4.69, 9.17) is 4.74 Å². The van der Waals surface area contributed by atoms with Crippen LogP contribution in [0.15, 0.2) is 29.2 Å². The molecular formula is C18H30N2O3S. The van der Waals surface area contributed by atoms with Gasteiger partial charge in [-0.1, -0.05) is 20.8 Å². The van der Waals surface area contributed by atoms with Gasteiger partial charge in [-0.15, -0.1) is 0 Å². The second kappa shape index (κ2) is 7.85. The summed E-state index contributed by atoms with van der Waals surface area (Å²) in [6, 6.07) is 6.49. The smallest absolute Gasteiger partial charge is 0.240 e. The molecule has 6 heteroatoms. The summed E-state index contributed by atoms with van der Waals surface area (Å²) in [6.45, 7) is 10.3. The lowest BCUT2D eigenvalue weighted by Gasteiger charge is -2.36. The van der Waals surface area contributed by atoms with Crippen molar-refractivity contribution in [2.24, 2.45) is 11.3 Å². The third-order valence-electron chi connectivity index (χ3n) is 4.23. The number of hydrogen-bond donors (Lipinski definition) is 1. The van der Waals surface area contributed by atoms with E-state index in [1.54, 1.807) is 31.4 Å². The number of methoxy groups -OCH3 is 1. The fourth-order valence-electron chi connectivity index (χ4n) is 3.20. The molecule has 0 unspecified atom stereocenters. The van der Waals surface area contributed by atoms with Crippen molar-refractivity contribution < 1.29 is 13.2 Å². The van der Waals surface area contributed by atoms with Gasteiger partial charge < -0.3 is 9.64 Å². The normalized spacial score (nSPS) is 20.1. The molecule has 0 spiro atoms. The van der Waals surface area contributed by atoms with Gasteiger partial charge in [0.05, 0.1) is 12.0 Å². The number of nitrogens with one attached hydrogen (secondary N) is 1. The molecule has 1 aromatic carbocycles. The summed E-state index contributed by atoms with van der Waals surface area (Å²) in [6.07, 6.45) is 2.21. The van der Waals surface area contributed by atoms with Crippen molar-refractivity contribution in [2.45, 2.75) is 38.5 Å². The fraction of sp³-hybridized carbons (Fsp3) is 0.667. The number of benzene rings is 1. The van der Waals surface area contributed by atoms with Crippen LogP contribution < -0.4 is 9.46 Å². The topological polar surface area (TPSA) is 58.6 Å². The van der Waals surface area contributed by atoms with Gasteiger partial charge in [-0.3, -0.25) is 0 Å². The Balaban J connectivity index is 1.91. The van der Waals surface area contributed by atoms with Crippen molar-refractivity contribution in [1.82, 2.24) is 9.62 Å². The molecule has 5 nitrogen and oxygen atoms in total. The molecular weight excluding hydrogens is 324 g/mol. The highest BCUT2D eigenvalue weighted by Gasteiger charge is 2.25. The number of nitrogens with zero attached hydrogens (tertiary/aromatic N) is 1. The number of ether oxygens (including phenoxy) is 1. The number of hydrogen-bond acceptors (Lipinski definition) is 4. The lowest BCUT2D eigenvalue weighted by Crippen LogP contribution is -2.43. The zero-order valence-corrected chi connectivity index (χ0v) is 16.0. The molecule has 1 heterocycles. The fourth-order valence-corrected chi connectivity index (χ4v) is 4.31. The average Bonchev–Trinajstić information content (AvgIpc) is 2.52. The average molecular weight is 355 g/mol. The summed E-state index contributed by atoms with van der Waals surface area (Å²) < 4.78 is 32.7. The Hall–Kier alpha value is -1.11. The molecule has 24 heavy (non-hydrogen) atoms. The first-order chi connectivity index (χ1) is 11.2. The van der Waals surface area contributed by atoms with Crippen LogP contribution in [0.2, 0.25) is 0 Å². The molecule has 1 saturated heterocycles. The van der Waals surface area contributed by atoms with Crippen LogP contribution in [-0.2, 0) is 10.0 Å². The largest absolute Gasteiger partial charge is 0.497 e. The molecule has 0 bridgehead atoms. The maximum absolute atomic E-state index is 12.4. The van der Waals surface area contributed by atoms with Crippen LogP contribution in [0, 0.1) is 11.3 Å². The Morgan fingerprint density at radius 1 is 1.25 bits per heavy atom. The van der Waals surface area contributed by atoms with Crippen molar-refractivity contribution in [2.75, 3.05) is 33.3 Å². The molecule has 0 saturated carbocycles. The Morgan fingerprint density at radius 2 is 1.92 bits per heavy atom. The lowest BCUT2D eigenvalue weighted by molar-refractivity contribution is 0.129. The van der Waals surface area contributed by atoms with Crippen molar-refractivity contribution in [3.05, 3.63) is 24.3 Å². The first-order valence-electron chi connectivity index (χ1n) is 8.56. The minimum atomic E-state index is -3.46. The minimum absolute atomic E-state index is 0.268. The van der Waals surface area contributed by atoms with Crippen LogP contribution >= 0.6 is 0 Å². The zero-order chi connectivity index (χ0) is 17.8. The summed E-state index contributed by atoms with van der Waals surface area (Å²) in [4.78, 5) is 2.74. The Morgan fingerprint density at radius 3 is 2.50 bits per heavy atom. The van der Waals surface area contributed by atoms with Crippen LogP contribution in [0.1, 0.15) is 33.6 Å². The van der Waals surface area contributed by atoms with E-state index < -0.39 is 10.0 Å². The van der Waals surface area contributed by atoms with Crippen molar-refractivity contribution in [3.8, 4) is 5.75 Å². The second-order valence-electron chi connectivity index (χ2n) is 7.83. The van der Waals surface area contributed by atoms with Crippen LogP contribution in [-0.4, -0.2) is 46.6 Å². The maximum Gasteiger partial charge on any atom is 0.240 e. The molecule has 0 aliphatic carbocycles. The molecule has 1 N–H and O–H groups in total. The highest BCUT2D eigenvalue weighted by atomic mass is 32.2. The monoisotopic (exact) mass is 354 g/mol. The molecule has 1 aliphatic heterocycles. The lowest BCUT2D eigenvalue weighted by atomic mass is 9.92. The molecule has 136 valence electrons. The molecule has 0 aromatic heterocycles. The van der Waals surface area contributed by atoms with Gasteiger partial charge in [0, 0.05) is 19.6 Å². The molecule has 1 aromatic rings. The van der Waals surface area contributed by atoms with Crippen LogP contribution in [0.4, 0.5) is 0 Å². The van der Waals surface area contributed by atoms with Gasteiger partial charge in [-0.25, -0.2) is 13.1 Å². The summed E-state index contributed by atoms with van der Waals surface area (Å²) in [5, 5.41) is 0. The molecule has 1 atom stereocenters. The van der Waals surface area contributed by atoms with E-state index in [9.17, 15) is 8.42 Å². The number of sulfonamides is 1. The van der Waals surface area contributed by atoms with E-state index >= 15 is 0 Å². The first-order valence-corrected chi connectivity index (χ1v) is 10.0. The van der Waals surface area contributed by atoms with E-state index in [-0.39, 0.29) is 10.3 Å². The number of likely N-dealkylation sites (tertiary alicyclic amines) is 1. The summed E-state index contributed by atoms with van der Waals surface area (Å²) >= 11 is 0. The van der Waals surface area contributed by atoms with Crippen molar-refractivity contribution in [1.29, 1.82) is 0 Å². The Labute approximate surface area is 146 Å². The van der Waals surface area contributed by atoms with Gasteiger partial charge >= 0.3 is 0 Å². The minimum Gasteiger partial charge on any atom is -0.497 e. The van der Waals surface area contributed by atoms with E-state index in [0.717, 1.165) is 32.5 Å². The first kappa shape index (κ1) is 19.2. The quantitative estimate of drug-likeness (QED) is 0.853. The summed E-state index contributed by atoms with van der Waals surface area (Å²) in [5.74, 6) is 1.02. The van der Waals surface area contributed by atoms with E-state index in [1.165, 1.54) is 0 Å². The third kappa shape index (κ3) is 5.76. The summed E-state index contributed by atoms with van der Waals surface area (Å²) in [5.41, 5.74) is 0.268. The van der Waals surface area contributed by atoms with Crippen molar-refractivity contribution in [3.63, 3.8) is 0 Å². The standard InChI is InChI=1S/C18H30N2O3S/c1-18(2,3)14-20-11-5-6-15(13-20)12-19-24(21,22)17-9-7-16(23-4)8-10-17/h7-10,15,19H,5-6,11-14H2,1-4H3/t15-/m1/s1. The van der Waals surface area contributed by atoms with Gasteiger partial charge in [0.1, 0.15) is 5.75 Å². The Bertz CT molecular complexity index is 621. The van der Waals surface area contributed by atoms with Crippen LogP contribution in [0.5, 0.6) is 5.75 Å². The van der Waals surface area contributed by atoms with Crippen LogP contribution in [0.3, 0.4) is 0 Å². The predicted octanol–water partition coefficient (Wildman–Crippen LogP) is 2.73. The van der Waals surface area contributed by atoms with Gasteiger partial charge in [-0.2, -0.15) is 0 Å². The van der Waals surface area contributed by atoms with Gasteiger partial charge in [0.2, 0.25) is 10.0 Å².